The fourth-order valence-corrected chi connectivity index (χ4v) is 2.98. The lowest BCUT2D eigenvalue weighted by atomic mass is 10.1. The second-order valence-corrected chi connectivity index (χ2v) is 6.47. The smallest absolute Gasteiger partial charge is 0.295 e. The van der Waals surface area contributed by atoms with E-state index in [2.05, 4.69) is 0 Å². The van der Waals surface area contributed by atoms with Gasteiger partial charge in [-0.1, -0.05) is 35.9 Å². The number of carbonyl (C=O) groups is 2. The summed E-state index contributed by atoms with van der Waals surface area (Å²) in [6.45, 7) is 2.50. The number of ketones is 1. The van der Waals surface area contributed by atoms with Gasteiger partial charge in [-0.15, -0.1) is 11.3 Å². The molecular weight excluding hydrogens is 282 g/mol. The molecule has 1 aromatic carbocycles. The molecule has 0 bridgehead atoms. The van der Waals surface area contributed by atoms with Crippen molar-refractivity contribution in [1.29, 1.82) is 0 Å². The highest BCUT2D eigenvalue weighted by molar-refractivity contribution is 7.09. The number of benzene rings is 1. The van der Waals surface area contributed by atoms with Gasteiger partial charge in [-0.3, -0.25) is 9.59 Å². The predicted octanol–water partition coefficient (Wildman–Crippen LogP) is 3.43. The maximum Gasteiger partial charge on any atom is 0.295 e. The average Bonchev–Trinajstić information content (AvgIpc) is 3.20. The van der Waals surface area contributed by atoms with Gasteiger partial charge in [0.15, 0.2) is 0 Å². The van der Waals surface area contributed by atoms with Gasteiger partial charge in [-0.05, 0) is 31.2 Å². The first-order chi connectivity index (χ1) is 10.1. The van der Waals surface area contributed by atoms with E-state index >= 15 is 0 Å². The zero-order valence-electron chi connectivity index (χ0n) is 11.9. The molecular formula is C17H17NO2S. The Morgan fingerprint density at radius 2 is 1.90 bits per heavy atom. The molecule has 0 radical (unpaired) electrons. The molecule has 3 nitrogen and oxygen atoms in total. The van der Waals surface area contributed by atoms with Crippen LogP contribution >= 0.6 is 11.3 Å². The summed E-state index contributed by atoms with van der Waals surface area (Å²) in [6, 6.07) is 11.4. The molecule has 1 aliphatic rings. The maximum absolute atomic E-state index is 12.5. The third kappa shape index (κ3) is 3.22. The molecule has 0 saturated heterocycles. The Hall–Kier alpha value is -1.94. The van der Waals surface area contributed by atoms with Gasteiger partial charge in [0.05, 0.1) is 6.54 Å². The molecule has 1 amide bonds. The van der Waals surface area contributed by atoms with Crippen LogP contribution in [0, 0.1) is 6.92 Å². The van der Waals surface area contributed by atoms with Crippen LogP contribution in [0.3, 0.4) is 0 Å². The summed E-state index contributed by atoms with van der Waals surface area (Å²) in [5.74, 6) is -0.784. The van der Waals surface area contributed by atoms with Crippen molar-refractivity contribution in [3.63, 3.8) is 0 Å². The summed E-state index contributed by atoms with van der Waals surface area (Å²) in [7, 11) is 0. The normalized spacial score (nSPS) is 14.0. The molecule has 0 aliphatic heterocycles. The van der Waals surface area contributed by atoms with Crippen LogP contribution in [-0.2, 0) is 11.3 Å². The predicted molar refractivity (Wildman–Crippen MR) is 83.4 cm³/mol. The third-order valence-electron chi connectivity index (χ3n) is 3.66. The van der Waals surface area contributed by atoms with Gasteiger partial charge >= 0.3 is 0 Å². The van der Waals surface area contributed by atoms with Crippen LogP contribution in [-0.4, -0.2) is 22.6 Å². The number of Topliss-reactive ketones (excluding diaryl/α,β-unsaturated/α-hetero) is 1. The molecule has 1 aliphatic carbocycles. The van der Waals surface area contributed by atoms with E-state index in [0.29, 0.717) is 12.1 Å². The minimum absolute atomic E-state index is 0.231. The molecule has 2 aromatic rings. The lowest BCUT2D eigenvalue weighted by Gasteiger charge is -2.21. The standard InChI is InChI=1S/C17H17NO2S/c1-12-4-6-13(7-5-12)16(19)17(20)18(14-8-9-14)11-15-3-2-10-21-15/h2-7,10,14H,8-9,11H2,1H3. The lowest BCUT2D eigenvalue weighted by Crippen LogP contribution is -2.37. The van der Waals surface area contributed by atoms with Crippen molar-refractivity contribution in [2.75, 3.05) is 0 Å². The van der Waals surface area contributed by atoms with Crippen molar-refractivity contribution in [2.24, 2.45) is 0 Å². The highest BCUT2D eigenvalue weighted by Crippen LogP contribution is 2.29. The van der Waals surface area contributed by atoms with Crippen LogP contribution < -0.4 is 0 Å². The molecule has 1 saturated carbocycles. The van der Waals surface area contributed by atoms with Crippen molar-refractivity contribution < 1.29 is 9.59 Å². The molecule has 4 heteroatoms. The number of rotatable bonds is 5. The number of nitrogens with zero attached hydrogens (tertiary/aromatic N) is 1. The fraction of sp³-hybridized carbons (Fsp3) is 0.294. The molecule has 21 heavy (non-hydrogen) atoms. The van der Waals surface area contributed by atoms with Gasteiger partial charge in [0.25, 0.3) is 5.91 Å². The van der Waals surface area contributed by atoms with Crippen molar-refractivity contribution in [3.05, 3.63) is 57.8 Å². The maximum atomic E-state index is 12.5. The molecule has 0 N–H and O–H groups in total. The number of aryl methyl sites for hydroxylation is 1. The van der Waals surface area contributed by atoms with Crippen molar-refractivity contribution in [3.8, 4) is 0 Å². The molecule has 1 fully saturated rings. The average molecular weight is 299 g/mol. The highest BCUT2D eigenvalue weighted by Gasteiger charge is 2.35. The van der Waals surface area contributed by atoms with Gasteiger partial charge in [-0.25, -0.2) is 0 Å². The Morgan fingerprint density at radius 1 is 1.19 bits per heavy atom. The number of thiophene rings is 1. The van der Waals surface area contributed by atoms with Crippen molar-refractivity contribution >= 4 is 23.0 Å². The minimum atomic E-state index is -0.404. The molecule has 3 rings (SSSR count). The Balaban J connectivity index is 1.77. The molecule has 0 unspecified atom stereocenters. The van der Waals surface area contributed by atoms with Crippen LogP contribution in [0.25, 0.3) is 0 Å². The molecule has 0 atom stereocenters. The van der Waals surface area contributed by atoms with Crippen LogP contribution in [0.2, 0.25) is 0 Å². The molecule has 1 heterocycles. The second kappa shape index (κ2) is 5.82. The van der Waals surface area contributed by atoms with Gasteiger partial charge < -0.3 is 4.90 Å². The Kier molecular flexibility index (Phi) is 3.88. The summed E-state index contributed by atoms with van der Waals surface area (Å²) < 4.78 is 0. The summed E-state index contributed by atoms with van der Waals surface area (Å²) in [5.41, 5.74) is 1.55. The zero-order valence-corrected chi connectivity index (χ0v) is 12.7. The van der Waals surface area contributed by atoms with E-state index < -0.39 is 5.78 Å². The van der Waals surface area contributed by atoms with E-state index in [9.17, 15) is 9.59 Å². The van der Waals surface area contributed by atoms with E-state index in [1.807, 2.05) is 36.6 Å². The van der Waals surface area contributed by atoms with Crippen LogP contribution in [0.4, 0.5) is 0 Å². The van der Waals surface area contributed by atoms with Gasteiger partial charge in [-0.2, -0.15) is 0 Å². The third-order valence-corrected chi connectivity index (χ3v) is 4.52. The summed E-state index contributed by atoms with van der Waals surface area (Å²) in [4.78, 5) is 27.7. The largest absolute Gasteiger partial charge is 0.328 e. The van der Waals surface area contributed by atoms with Crippen molar-refractivity contribution in [1.82, 2.24) is 4.90 Å². The van der Waals surface area contributed by atoms with E-state index in [-0.39, 0.29) is 11.9 Å². The first-order valence-corrected chi connectivity index (χ1v) is 7.97. The summed E-state index contributed by atoms with van der Waals surface area (Å²) >= 11 is 1.62. The Bertz CT molecular complexity index is 642. The number of carbonyl (C=O) groups excluding carboxylic acids is 2. The number of hydrogen-bond donors (Lipinski definition) is 0. The van der Waals surface area contributed by atoms with Crippen LogP contribution in [0.1, 0.15) is 33.6 Å². The number of amides is 1. The van der Waals surface area contributed by atoms with E-state index in [4.69, 9.17) is 0 Å². The van der Waals surface area contributed by atoms with E-state index in [1.165, 1.54) is 0 Å². The summed E-state index contributed by atoms with van der Waals surface area (Å²) in [6.07, 6.45) is 2.00. The monoisotopic (exact) mass is 299 g/mol. The Morgan fingerprint density at radius 3 is 2.48 bits per heavy atom. The number of hydrogen-bond acceptors (Lipinski definition) is 3. The first-order valence-electron chi connectivity index (χ1n) is 7.09. The van der Waals surface area contributed by atoms with Crippen molar-refractivity contribution in [2.45, 2.75) is 32.4 Å². The first kappa shape index (κ1) is 14.0. The lowest BCUT2D eigenvalue weighted by molar-refractivity contribution is -0.127. The van der Waals surface area contributed by atoms with Gasteiger partial charge in [0, 0.05) is 16.5 Å². The van der Waals surface area contributed by atoms with Crippen LogP contribution in [0.5, 0.6) is 0 Å². The van der Waals surface area contributed by atoms with Gasteiger partial charge in [0.2, 0.25) is 5.78 Å². The van der Waals surface area contributed by atoms with E-state index in [1.54, 1.807) is 28.4 Å². The zero-order chi connectivity index (χ0) is 14.8. The van der Waals surface area contributed by atoms with E-state index in [0.717, 1.165) is 23.3 Å². The Labute approximate surface area is 128 Å². The van der Waals surface area contributed by atoms with Crippen LogP contribution in [0.15, 0.2) is 41.8 Å². The second-order valence-electron chi connectivity index (χ2n) is 5.44. The topological polar surface area (TPSA) is 37.4 Å². The van der Waals surface area contributed by atoms with Gasteiger partial charge in [0.1, 0.15) is 0 Å². The highest BCUT2D eigenvalue weighted by atomic mass is 32.1. The minimum Gasteiger partial charge on any atom is -0.328 e. The fourth-order valence-electron chi connectivity index (χ4n) is 2.28. The quantitative estimate of drug-likeness (QED) is 0.626. The molecule has 108 valence electrons. The SMILES string of the molecule is Cc1ccc(C(=O)C(=O)N(Cc2cccs2)C2CC2)cc1. The summed E-state index contributed by atoms with van der Waals surface area (Å²) in [5, 5.41) is 1.99. The molecule has 1 aromatic heterocycles. The molecule has 0 spiro atoms.